The van der Waals surface area contributed by atoms with Gasteiger partial charge in [0.1, 0.15) is 0 Å². The van der Waals surface area contributed by atoms with Gasteiger partial charge in [-0.05, 0) is 24.5 Å². The largest absolute Gasteiger partial charge is 0.478 e. The average molecular weight is 205 g/mol. The fourth-order valence-corrected chi connectivity index (χ4v) is 2.20. The Labute approximate surface area is 89.3 Å². The van der Waals surface area contributed by atoms with Gasteiger partial charge in [-0.25, -0.2) is 4.79 Å². The quantitative estimate of drug-likeness (QED) is 0.822. The van der Waals surface area contributed by atoms with Gasteiger partial charge in [-0.2, -0.15) is 0 Å². The van der Waals surface area contributed by atoms with E-state index in [0.29, 0.717) is 5.56 Å². The molecule has 15 heavy (non-hydrogen) atoms. The standard InChI is InChI=1S/C12H15NO2/c1-2-7-13-8-6-9-4-3-5-10(11(9)13)12(14)15/h3-5H,2,6-8H2,1H3,(H,14,15). The van der Waals surface area contributed by atoms with Gasteiger partial charge in [0, 0.05) is 13.1 Å². The van der Waals surface area contributed by atoms with Crippen molar-refractivity contribution in [3.8, 4) is 0 Å². The molecule has 80 valence electrons. The van der Waals surface area contributed by atoms with Crippen molar-refractivity contribution < 1.29 is 9.90 Å². The van der Waals surface area contributed by atoms with Crippen molar-refractivity contribution in [2.45, 2.75) is 19.8 Å². The normalized spacial score (nSPS) is 14.1. The zero-order valence-corrected chi connectivity index (χ0v) is 8.86. The summed E-state index contributed by atoms with van der Waals surface area (Å²) in [5, 5.41) is 9.11. The molecule has 1 aliphatic rings. The van der Waals surface area contributed by atoms with E-state index in [0.717, 1.165) is 31.6 Å². The lowest BCUT2D eigenvalue weighted by Gasteiger charge is -2.19. The summed E-state index contributed by atoms with van der Waals surface area (Å²) in [6.45, 7) is 4.01. The van der Waals surface area contributed by atoms with Crippen LogP contribution in [0.2, 0.25) is 0 Å². The van der Waals surface area contributed by atoms with E-state index in [2.05, 4.69) is 11.8 Å². The summed E-state index contributed by atoms with van der Waals surface area (Å²) in [6, 6.07) is 5.55. The molecule has 0 bridgehead atoms. The van der Waals surface area contributed by atoms with Gasteiger partial charge in [0.15, 0.2) is 0 Å². The van der Waals surface area contributed by atoms with Crippen LogP contribution in [0.4, 0.5) is 5.69 Å². The predicted octanol–water partition coefficient (Wildman–Crippen LogP) is 2.16. The summed E-state index contributed by atoms with van der Waals surface area (Å²) in [6.07, 6.45) is 2.02. The van der Waals surface area contributed by atoms with Crippen LogP contribution in [-0.4, -0.2) is 24.2 Å². The molecule has 3 heteroatoms. The lowest BCUT2D eigenvalue weighted by atomic mass is 10.1. The number of rotatable bonds is 3. The highest BCUT2D eigenvalue weighted by molar-refractivity contribution is 5.96. The summed E-state index contributed by atoms with van der Waals surface area (Å²) >= 11 is 0. The van der Waals surface area contributed by atoms with Gasteiger partial charge >= 0.3 is 5.97 Å². The highest BCUT2D eigenvalue weighted by Gasteiger charge is 2.23. The molecular weight excluding hydrogens is 190 g/mol. The van der Waals surface area contributed by atoms with Crippen molar-refractivity contribution in [2.75, 3.05) is 18.0 Å². The molecule has 1 N–H and O–H groups in total. The molecule has 0 radical (unpaired) electrons. The SMILES string of the molecule is CCCN1CCc2cccc(C(=O)O)c21. The number of hydrogen-bond acceptors (Lipinski definition) is 2. The molecule has 0 aliphatic carbocycles. The topological polar surface area (TPSA) is 40.5 Å². The van der Waals surface area contributed by atoms with E-state index >= 15 is 0 Å². The highest BCUT2D eigenvalue weighted by Crippen LogP contribution is 2.31. The van der Waals surface area contributed by atoms with Crippen molar-refractivity contribution in [1.82, 2.24) is 0 Å². The van der Waals surface area contributed by atoms with Crippen LogP contribution >= 0.6 is 0 Å². The van der Waals surface area contributed by atoms with E-state index in [-0.39, 0.29) is 0 Å². The minimum Gasteiger partial charge on any atom is -0.478 e. The van der Waals surface area contributed by atoms with E-state index in [1.807, 2.05) is 12.1 Å². The van der Waals surface area contributed by atoms with E-state index in [9.17, 15) is 4.79 Å². The van der Waals surface area contributed by atoms with Crippen molar-refractivity contribution in [1.29, 1.82) is 0 Å². The zero-order valence-electron chi connectivity index (χ0n) is 8.86. The number of carbonyl (C=O) groups is 1. The predicted molar refractivity (Wildman–Crippen MR) is 59.6 cm³/mol. The van der Waals surface area contributed by atoms with E-state index in [1.54, 1.807) is 6.07 Å². The van der Waals surface area contributed by atoms with Crippen LogP contribution in [0.15, 0.2) is 18.2 Å². The van der Waals surface area contributed by atoms with Gasteiger partial charge in [-0.1, -0.05) is 19.1 Å². The number of fused-ring (bicyclic) bond motifs is 1. The number of anilines is 1. The Kier molecular flexibility index (Phi) is 2.62. The summed E-state index contributed by atoms with van der Waals surface area (Å²) in [7, 11) is 0. The molecule has 3 nitrogen and oxygen atoms in total. The molecule has 2 rings (SSSR count). The van der Waals surface area contributed by atoms with Crippen LogP contribution in [-0.2, 0) is 6.42 Å². The Balaban J connectivity index is 2.43. The average Bonchev–Trinajstić information content (AvgIpc) is 2.62. The highest BCUT2D eigenvalue weighted by atomic mass is 16.4. The maximum absolute atomic E-state index is 11.1. The third-order valence-electron chi connectivity index (χ3n) is 2.81. The lowest BCUT2D eigenvalue weighted by molar-refractivity contribution is 0.0697. The van der Waals surface area contributed by atoms with Crippen LogP contribution in [0.1, 0.15) is 29.3 Å². The van der Waals surface area contributed by atoms with Crippen LogP contribution in [0.5, 0.6) is 0 Å². The summed E-state index contributed by atoms with van der Waals surface area (Å²) < 4.78 is 0. The molecule has 0 saturated carbocycles. The molecule has 0 atom stereocenters. The molecule has 0 amide bonds. The second kappa shape index (κ2) is 3.93. The molecule has 0 aromatic heterocycles. The van der Waals surface area contributed by atoms with Gasteiger partial charge in [0.2, 0.25) is 0 Å². The van der Waals surface area contributed by atoms with Gasteiger partial charge in [-0.15, -0.1) is 0 Å². The van der Waals surface area contributed by atoms with Crippen molar-refractivity contribution in [3.63, 3.8) is 0 Å². The smallest absolute Gasteiger partial charge is 0.337 e. The molecular formula is C12H15NO2. The second-order valence-corrected chi connectivity index (χ2v) is 3.86. The molecule has 1 aromatic carbocycles. The molecule has 1 aliphatic heterocycles. The number of benzene rings is 1. The summed E-state index contributed by atoms with van der Waals surface area (Å²) in [5.74, 6) is -0.824. The maximum atomic E-state index is 11.1. The fraction of sp³-hybridized carbons (Fsp3) is 0.417. The summed E-state index contributed by atoms with van der Waals surface area (Å²) in [5.41, 5.74) is 2.55. The number of aromatic carboxylic acids is 1. The first-order valence-electron chi connectivity index (χ1n) is 5.34. The Bertz CT molecular complexity index is 385. The van der Waals surface area contributed by atoms with Gasteiger partial charge in [0.25, 0.3) is 0 Å². The van der Waals surface area contributed by atoms with Gasteiger partial charge in [-0.3, -0.25) is 0 Å². The molecule has 1 aromatic rings. The molecule has 0 unspecified atom stereocenters. The minimum absolute atomic E-state index is 0.443. The monoisotopic (exact) mass is 205 g/mol. The number of hydrogen-bond donors (Lipinski definition) is 1. The fourth-order valence-electron chi connectivity index (χ4n) is 2.20. The zero-order chi connectivity index (χ0) is 10.8. The Hall–Kier alpha value is -1.51. The van der Waals surface area contributed by atoms with Crippen molar-refractivity contribution >= 4 is 11.7 Å². The van der Waals surface area contributed by atoms with Crippen molar-refractivity contribution in [2.24, 2.45) is 0 Å². The molecule has 0 spiro atoms. The maximum Gasteiger partial charge on any atom is 0.337 e. The Morgan fingerprint density at radius 3 is 3.00 bits per heavy atom. The van der Waals surface area contributed by atoms with E-state index in [4.69, 9.17) is 5.11 Å². The molecule has 0 saturated heterocycles. The first kappa shape index (κ1) is 10.0. The number of carboxylic acids is 1. The molecule has 0 fully saturated rings. The van der Waals surface area contributed by atoms with E-state index < -0.39 is 5.97 Å². The van der Waals surface area contributed by atoms with Crippen LogP contribution < -0.4 is 4.90 Å². The first-order chi connectivity index (χ1) is 7.24. The van der Waals surface area contributed by atoms with Crippen molar-refractivity contribution in [3.05, 3.63) is 29.3 Å². The Morgan fingerprint density at radius 2 is 2.33 bits per heavy atom. The van der Waals surface area contributed by atoms with Gasteiger partial charge in [0.05, 0.1) is 11.3 Å². The third kappa shape index (κ3) is 1.69. The second-order valence-electron chi connectivity index (χ2n) is 3.86. The first-order valence-corrected chi connectivity index (χ1v) is 5.34. The Morgan fingerprint density at radius 1 is 1.53 bits per heavy atom. The van der Waals surface area contributed by atoms with Crippen LogP contribution in [0, 0.1) is 0 Å². The number of carboxylic acid groups (broad SMARTS) is 1. The van der Waals surface area contributed by atoms with Crippen LogP contribution in [0.25, 0.3) is 0 Å². The van der Waals surface area contributed by atoms with Gasteiger partial charge < -0.3 is 10.0 Å². The van der Waals surface area contributed by atoms with Crippen LogP contribution in [0.3, 0.4) is 0 Å². The number of nitrogens with zero attached hydrogens (tertiary/aromatic N) is 1. The minimum atomic E-state index is -0.824. The number of para-hydroxylation sites is 1. The summed E-state index contributed by atoms with van der Waals surface area (Å²) in [4.78, 5) is 13.3. The third-order valence-corrected chi connectivity index (χ3v) is 2.81. The lowest BCUT2D eigenvalue weighted by Crippen LogP contribution is -2.22. The van der Waals surface area contributed by atoms with E-state index in [1.165, 1.54) is 5.56 Å². The molecule has 1 heterocycles.